The SMILES string of the molecule is Cc1cc(C)c(C(=O)c2c[nH]c(-c3ccccc3)n2)c(C)c1. The zero-order valence-corrected chi connectivity index (χ0v) is 13.0. The molecule has 22 heavy (non-hydrogen) atoms. The second kappa shape index (κ2) is 5.60. The quantitative estimate of drug-likeness (QED) is 0.734. The third-order valence-corrected chi connectivity index (χ3v) is 3.76. The predicted molar refractivity (Wildman–Crippen MR) is 88.1 cm³/mol. The van der Waals surface area contributed by atoms with Crippen LogP contribution in [0, 0.1) is 20.8 Å². The molecule has 3 rings (SSSR count). The van der Waals surface area contributed by atoms with Gasteiger partial charge in [-0.3, -0.25) is 4.79 Å². The van der Waals surface area contributed by atoms with E-state index in [1.807, 2.05) is 63.2 Å². The standard InChI is InChI=1S/C19H18N2O/c1-12-9-13(2)17(14(3)10-12)18(22)16-11-20-19(21-16)15-7-5-4-6-8-15/h4-11H,1-3H3,(H,20,21). The molecule has 3 nitrogen and oxygen atoms in total. The lowest BCUT2D eigenvalue weighted by Crippen LogP contribution is -2.07. The molecule has 0 fully saturated rings. The number of imidazole rings is 1. The van der Waals surface area contributed by atoms with Gasteiger partial charge in [-0.2, -0.15) is 0 Å². The third kappa shape index (κ3) is 2.58. The fourth-order valence-corrected chi connectivity index (χ4v) is 2.85. The molecular weight excluding hydrogens is 272 g/mol. The number of aromatic amines is 1. The zero-order valence-electron chi connectivity index (χ0n) is 13.0. The van der Waals surface area contributed by atoms with Crippen LogP contribution in [0.25, 0.3) is 11.4 Å². The van der Waals surface area contributed by atoms with Crippen LogP contribution >= 0.6 is 0 Å². The van der Waals surface area contributed by atoms with Gasteiger partial charge in [0, 0.05) is 17.3 Å². The number of H-pyrrole nitrogens is 1. The van der Waals surface area contributed by atoms with Gasteiger partial charge in [0.1, 0.15) is 11.5 Å². The van der Waals surface area contributed by atoms with E-state index in [2.05, 4.69) is 9.97 Å². The van der Waals surface area contributed by atoms with E-state index in [0.717, 1.165) is 22.3 Å². The van der Waals surface area contributed by atoms with Gasteiger partial charge in [0.2, 0.25) is 5.78 Å². The Bertz CT molecular complexity index is 809. The van der Waals surface area contributed by atoms with E-state index in [-0.39, 0.29) is 5.78 Å². The minimum atomic E-state index is -0.0339. The number of ketones is 1. The van der Waals surface area contributed by atoms with E-state index >= 15 is 0 Å². The third-order valence-electron chi connectivity index (χ3n) is 3.76. The Morgan fingerprint density at radius 1 is 1.00 bits per heavy atom. The second-order valence-corrected chi connectivity index (χ2v) is 5.60. The van der Waals surface area contributed by atoms with Crippen LogP contribution in [0.5, 0.6) is 0 Å². The molecule has 0 aliphatic rings. The van der Waals surface area contributed by atoms with Gasteiger partial charge in [-0.25, -0.2) is 4.98 Å². The number of hydrogen-bond donors (Lipinski definition) is 1. The molecule has 0 atom stereocenters. The highest BCUT2D eigenvalue weighted by molar-refractivity contribution is 6.09. The van der Waals surface area contributed by atoms with Crippen molar-refractivity contribution in [3.8, 4) is 11.4 Å². The number of nitrogens with one attached hydrogen (secondary N) is 1. The van der Waals surface area contributed by atoms with Gasteiger partial charge in [-0.1, -0.05) is 48.0 Å². The molecule has 0 bridgehead atoms. The first kappa shape index (κ1) is 14.3. The molecule has 0 spiro atoms. The molecule has 1 N–H and O–H groups in total. The maximum atomic E-state index is 12.8. The van der Waals surface area contributed by atoms with Crippen molar-refractivity contribution < 1.29 is 4.79 Å². The molecule has 0 unspecified atom stereocenters. The maximum Gasteiger partial charge on any atom is 0.213 e. The number of hydrogen-bond acceptors (Lipinski definition) is 2. The van der Waals surface area contributed by atoms with Gasteiger partial charge in [-0.15, -0.1) is 0 Å². The Hall–Kier alpha value is -2.68. The van der Waals surface area contributed by atoms with Gasteiger partial charge in [0.25, 0.3) is 0 Å². The molecule has 1 heterocycles. The first-order chi connectivity index (χ1) is 10.6. The minimum absolute atomic E-state index is 0.0339. The Kier molecular flexibility index (Phi) is 3.63. The molecule has 0 aliphatic carbocycles. The molecule has 0 radical (unpaired) electrons. The molecule has 3 heteroatoms. The molecule has 110 valence electrons. The number of rotatable bonds is 3. The first-order valence-corrected chi connectivity index (χ1v) is 7.29. The number of benzene rings is 2. The minimum Gasteiger partial charge on any atom is -0.344 e. The van der Waals surface area contributed by atoms with Crippen LogP contribution in [0.1, 0.15) is 32.7 Å². The van der Waals surface area contributed by atoms with Gasteiger partial charge < -0.3 is 4.98 Å². The van der Waals surface area contributed by atoms with Crippen molar-refractivity contribution in [1.29, 1.82) is 0 Å². The van der Waals surface area contributed by atoms with E-state index in [1.54, 1.807) is 6.20 Å². The normalized spacial score (nSPS) is 10.7. The van der Waals surface area contributed by atoms with E-state index in [4.69, 9.17) is 0 Å². The average Bonchev–Trinajstić information content (AvgIpc) is 2.97. The highest BCUT2D eigenvalue weighted by Gasteiger charge is 2.18. The highest BCUT2D eigenvalue weighted by atomic mass is 16.1. The topological polar surface area (TPSA) is 45.8 Å². The summed E-state index contributed by atoms with van der Waals surface area (Å²) in [4.78, 5) is 20.3. The van der Waals surface area contributed by atoms with Crippen LogP contribution in [0.2, 0.25) is 0 Å². The Balaban J connectivity index is 1.99. The molecule has 0 saturated carbocycles. The molecule has 0 amide bonds. The Morgan fingerprint density at radius 3 is 2.27 bits per heavy atom. The Morgan fingerprint density at radius 2 is 1.64 bits per heavy atom. The van der Waals surface area contributed by atoms with Crippen LogP contribution < -0.4 is 0 Å². The van der Waals surface area contributed by atoms with E-state index < -0.39 is 0 Å². The fraction of sp³-hybridized carbons (Fsp3) is 0.158. The number of carbonyl (C=O) groups excluding carboxylic acids is 1. The molecule has 1 aromatic heterocycles. The van der Waals surface area contributed by atoms with Gasteiger partial charge in [0.15, 0.2) is 0 Å². The summed E-state index contributed by atoms with van der Waals surface area (Å²) < 4.78 is 0. The molecule has 0 aliphatic heterocycles. The zero-order chi connectivity index (χ0) is 15.7. The van der Waals surface area contributed by atoms with Crippen molar-refractivity contribution in [3.05, 3.63) is 76.6 Å². The van der Waals surface area contributed by atoms with Crippen LogP contribution in [0.4, 0.5) is 0 Å². The van der Waals surface area contributed by atoms with Crippen molar-refractivity contribution in [2.75, 3.05) is 0 Å². The summed E-state index contributed by atoms with van der Waals surface area (Å²) in [5, 5.41) is 0. The lowest BCUT2D eigenvalue weighted by atomic mass is 9.95. The van der Waals surface area contributed by atoms with Crippen LogP contribution in [0.15, 0.2) is 48.7 Å². The van der Waals surface area contributed by atoms with Crippen LogP contribution in [-0.4, -0.2) is 15.8 Å². The van der Waals surface area contributed by atoms with Crippen LogP contribution in [-0.2, 0) is 0 Å². The molecule has 3 aromatic rings. The number of carbonyl (C=O) groups is 1. The molecule has 2 aromatic carbocycles. The van der Waals surface area contributed by atoms with Crippen LogP contribution in [0.3, 0.4) is 0 Å². The second-order valence-electron chi connectivity index (χ2n) is 5.60. The average molecular weight is 290 g/mol. The summed E-state index contributed by atoms with van der Waals surface area (Å²) in [5.74, 6) is 0.680. The van der Waals surface area contributed by atoms with Gasteiger partial charge in [0.05, 0.1) is 0 Å². The van der Waals surface area contributed by atoms with E-state index in [0.29, 0.717) is 11.5 Å². The highest BCUT2D eigenvalue weighted by Crippen LogP contribution is 2.21. The van der Waals surface area contributed by atoms with Crippen molar-refractivity contribution >= 4 is 5.78 Å². The summed E-state index contributed by atoms with van der Waals surface area (Å²) in [6.45, 7) is 5.98. The number of nitrogens with zero attached hydrogens (tertiary/aromatic N) is 1. The maximum absolute atomic E-state index is 12.8. The first-order valence-electron chi connectivity index (χ1n) is 7.29. The fourth-order valence-electron chi connectivity index (χ4n) is 2.85. The summed E-state index contributed by atoms with van der Waals surface area (Å²) in [6.07, 6.45) is 1.68. The molecule has 0 saturated heterocycles. The van der Waals surface area contributed by atoms with Crippen molar-refractivity contribution in [2.24, 2.45) is 0 Å². The summed E-state index contributed by atoms with van der Waals surface area (Å²) >= 11 is 0. The molecular formula is C19H18N2O. The number of aromatic nitrogens is 2. The Labute approximate surface area is 130 Å². The summed E-state index contributed by atoms with van der Waals surface area (Å²) in [6, 6.07) is 13.9. The number of aryl methyl sites for hydroxylation is 3. The lowest BCUT2D eigenvalue weighted by Gasteiger charge is -2.08. The smallest absolute Gasteiger partial charge is 0.213 e. The van der Waals surface area contributed by atoms with Gasteiger partial charge >= 0.3 is 0 Å². The van der Waals surface area contributed by atoms with E-state index in [1.165, 1.54) is 5.56 Å². The lowest BCUT2D eigenvalue weighted by molar-refractivity contribution is 0.103. The van der Waals surface area contributed by atoms with E-state index in [9.17, 15) is 4.79 Å². The summed E-state index contributed by atoms with van der Waals surface area (Å²) in [7, 11) is 0. The van der Waals surface area contributed by atoms with Crippen molar-refractivity contribution in [3.63, 3.8) is 0 Å². The van der Waals surface area contributed by atoms with Gasteiger partial charge in [-0.05, 0) is 31.9 Å². The predicted octanol–water partition coefficient (Wildman–Crippen LogP) is 4.23. The summed E-state index contributed by atoms with van der Waals surface area (Å²) in [5.41, 5.74) is 5.32. The largest absolute Gasteiger partial charge is 0.344 e. The monoisotopic (exact) mass is 290 g/mol. The van der Waals surface area contributed by atoms with Crippen molar-refractivity contribution in [1.82, 2.24) is 9.97 Å². The van der Waals surface area contributed by atoms with Crippen molar-refractivity contribution in [2.45, 2.75) is 20.8 Å².